The normalized spacial score (nSPS) is 15.0. The number of benzene rings is 1. The first-order valence-corrected chi connectivity index (χ1v) is 11.9. The number of likely N-dealkylation sites (tertiary alicyclic amines) is 1. The first kappa shape index (κ1) is 21.6. The van der Waals surface area contributed by atoms with Gasteiger partial charge in [-0.1, -0.05) is 12.5 Å². The molecule has 0 atom stereocenters. The monoisotopic (exact) mass is 445 g/mol. The molecule has 172 valence electrons. The maximum Gasteiger partial charge on any atom is 0.326 e. The van der Waals surface area contributed by atoms with Gasteiger partial charge in [0, 0.05) is 35.8 Å². The Bertz CT molecular complexity index is 1300. The van der Waals surface area contributed by atoms with Crippen LogP contribution in [0.15, 0.2) is 47.5 Å². The average molecular weight is 446 g/mol. The summed E-state index contributed by atoms with van der Waals surface area (Å²) in [6, 6.07) is 10.1. The molecule has 1 aliphatic heterocycles. The summed E-state index contributed by atoms with van der Waals surface area (Å²) in [5, 5.41) is 0.930. The number of nitrogens with one attached hydrogen (secondary N) is 1. The van der Waals surface area contributed by atoms with Crippen LogP contribution in [0, 0.1) is 0 Å². The zero-order valence-corrected chi connectivity index (χ0v) is 19.4. The Hall–Kier alpha value is -3.19. The number of pyridine rings is 2. The number of fused-ring (bicyclic) bond motifs is 3. The first-order valence-electron chi connectivity index (χ1n) is 11.9. The molecule has 0 amide bonds. The maximum atomic E-state index is 12.5. The number of H-pyrrole nitrogens is 1. The van der Waals surface area contributed by atoms with Crippen LogP contribution in [0.2, 0.25) is 0 Å². The largest absolute Gasteiger partial charge is 0.478 e. The molecule has 0 saturated carbocycles. The van der Waals surface area contributed by atoms with Crippen molar-refractivity contribution in [2.75, 3.05) is 26.2 Å². The van der Waals surface area contributed by atoms with Crippen molar-refractivity contribution in [1.29, 1.82) is 0 Å². The van der Waals surface area contributed by atoms with Crippen molar-refractivity contribution in [3.63, 3.8) is 0 Å². The van der Waals surface area contributed by atoms with E-state index in [1.807, 2.05) is 44.3 Å². The van der Waals surface area contributed by atoms with Gasteiger partial charge in [0.2, 0.25) is 5.88 Å². The van der Waals surface area contributed by atoms with Crippen molar-refractivity contribution in [3.05, 3.63) is 53.2 Å². The Morgan fingerprint density at radius 3 is 2.61 bits per heavy atom. The van der Waals surface area contributed by atoms with Gasteiger partial charge in [0.05, 0.1) is 29.4 Å². The van der Waals surface area contributed by atoms with E-state index in [2.05, 4.69) is 25.9 Å². The van der Waals surface area contributed by atoms with Crippen LogP contribution in [0.25, 0.3) is 33.1 Å². The topological polar surface area (TPSA) is 76.0 Å². The average Bonchev–Trinajstić information content (AvgIpc) is 3.19. The molecule has 1 aromatic carbocycles. The van der Waals surface area contributed by atoms with Gasteiger partial charge in [-0.25, -0.2) is 9.78 Å². The van der Waals surface area contributed by atoms with E-state index in [4.69, 9.17) is 4.74 Å². The van der Waals surface area contributed by atoms with Crippen LogP contribution >= 0.6 is 0 Å². The Labute approximate surface area is 193 Å². The molecule has 33 heavy (non-hydrogen) atoms. The van der Waals surface area contributed by atoms with Gasteiger partial charge in [-0.2, -0.15) is 0 Å². The third kappa shape index (κ3) is 4.50. The zero-order valence-electron chi connectivity index (χ0n) is 19.4. The molecule has 0 spiro atoms. The van der Waals surface area contributed by atoms with E-state index in [-0.39, 0.29) is 11.7 Å². The molecular formula is C26H31N5O2. The highest BCUT2D eigenvalue weighted by Crippen LogP contribution is 2.28. The first-order chi connectivity index (χ1) is 16.1. The summed E-state index contributed by atoms with van der Waals surface area (Å²) in [6.45, 7) is 8.21. The van der Waals surface area contributed by atoms with Crippen molar-refractivity contribution in [3.8, 4) is 17.0 Å². The zero-order chi connectivity index (χ0) is 22.8. The molecule has 0 unspecified atom stereocenters. The summed E-state index contributed by atoms with van der Waals surface area (Å²) in [4.78, 5) is 27.1. The fourth-order valence-corrected chi connectivity index (χ4v) is 4.75. The number of piperidine rings is 1. The fraction of sp³-hybridized carbons (Fsp3) is 0.423. The highest BCUT2D eigenvalue weighted by atomic mass is 16.5. The molecule has 1 fully saturated rings. The minimum absolute atomic E-state index is 0.0604. The number of aromatic amines is 1. The van der Waals surface area contributed by atoms with E-state index >= 15 is 0 Å². The lowest BCUT2D eigenvalue weighted by atomic mass is 10.0. The van der Waals surface area contributed by atoms with Crippen LogP contribution in [-0.4, -0.2) is 50.7 Å². The molecule has 0 aliphatic carbocycles. The second-order valence-corrected chi connectivity index (χ2v) is 9.13. The van der Waals surface area contributed by atoms with Crippen LogP contribution in [0.5, 0.6) is 5.88 Å². The quantitative estimate of drug-likeness (QED) is 0.415. The Balaban J connectivity index is 1.32. The fourth-order valence-electron chi connectivity index (χ4n) is 4.75. The number of aromatic nitrogens is 4. The number of rotatable bonds is 7. The molecule has 3 aromatic heterocycles. The summed E-state index contributed by atoms with van der Waals surface area (Å²) in [5.74, 6) is 0.653. The second-order valence-electron chi connectivity index (χ2n) is 9.13. The maximum absolute atomic E-state index is 12.5. The van der Waals surface area contributed by atoms with E-state index in [9.17, 15) is 4.79 Å². The SMILES string of the molecule is CC(C)n1c(=O)[nH]c2c3cc(-c4ccc(OCCCN5CCCCC5)nc4)ccc3ncc21. The third-order valence-electron chi connectivity index (χ3n) is 6.46. The van der Waals surface area contributed by atoms with Gasteiger partial charge in [-0.05, 0) is 70.0 Å². The van der Waals surface area contributed by atoms with E-state index < -0.39 is 0 Å². The molecule has 4 heterocycles. The van der Waals surface area contributed by atoms with Gasteiger partial charge >= 0.3 is 5.69 Å². The van der Waals surface area contributed by atoms with Crippen LogP contribution in [-0.2, 0) is 0 Å². The Kier molecular flexibility index (Phi) is 6.13. The molecule has 1 N–H and O–H groups in total. The van der Waals surface area contributed by atoms with Crippen molar-refractivity contribution in [1.82, 2.24) is 24.4 Å². The van der Waals surface area contributed by atoms with Crippen LogP contribution in [0.1, 0.15) is 45.6 Å². The molecule has 7 heteroatoms. The van der Waals surface area contributed by atoms with Gasteiger partial charge < -0.3 is 14.6 Å². The lowest BCUT2D eigenvalue weighted by Crippen LogP contribution is -2.31. The minimum Gasteiger partial charge on any atom is -0.478 e. The highest BCUT2D eigenvalue weighted by Gasteiger charge is 2.14. The lowest BCUT2D eigenvalue weighted by Gasteiger charge is -2.26. The molecular weight excluding hydrogens is 414 g/mol. The molecule has 5 rings (SSSR count). The third-order valence-corrected chi connectivity index (χ3v) is 6.46. The highest BCUT2D eigenvalue weighted by molar-refractivity contribution is 6.03. The number of hydrogen-bond acceptors (Lipinski definition) is 5. The van der Waals surface area contributed by atoms with Gasteiger partial charge in [0.1, 0.15) is 0 Å². The molecule has 0 bridgehead atoms. The molecule has 1 aliphatic rings. The number of imidazole rings is 1. The van der Waals surface area contributed by atoms with Crippen LogP contribution in [0.3, 0.4) is 0 Å². The summed E-state index contributed by atoms with van der Waals surface area (Å²) in [7, 11) is 0. The standard InChI is InChI=1S/C26H31N5O2/c1-18(2)31-23-17-27-22-9-7-19(15-21(22)25(23)29-26(31)32)20-8-10-24(28-16-20)33-14-6-13-30-11-4-3-5-12-30/h7-10,15-18H,3-6,11-14H2,1-2H3,(H,29,32). The van der Waals surface area contributed by atoms with Crippen molar-refractivity contribution in [2.45, 2.75) is 45.6 Å². The Morgan fingerprint density at radius 1 is 1.03 bits per heavy atom. The smallest absolute Gasteiger partial charge is 0.326 e. The molecule has 0 radical (unpaired) electrons. The number of hydrogen-bond donors (Lipinski definition) is 1. The van der Waals surface area contributed by atoms with Gasteiger partial charge in [0.25, 0.3) is 0 Å². The Morgan fingerprint density at radius 2 is 1.85 bits per heavy atom. The lowest BCUT2D eigenvalue weighted by molar-refractivity contribution is 0.203. The summed E-state index contributed by atoms with van der Waals surface area (Å²) in [5.41, 5.74) is 4.42. The second kappa shape index (κ2) is 9.35. The summed E-state index contributed by atoms with van der Waals surface area (Å²) >= 11 is 0. The predicted octanol–water partition coefficient (Wildman–Crippen LogP) is 4.78. The number of nitrogens with zero attached hydrogens (tertiary/aromatic N) is 4. The van der Waals surface area contributed by atoms with Crippen molar-refractivity contribution in [2.24, 2.45) is 0 Å². The van der Waals surface area contributed by atoms with E-state index in [0.29, 0.717) is 12.5 Å². The summed E-state index contributed by atoms with van der Waals surface area (Å²) < 4.78 is 7.61. The minimum atomic E-state index is -0.108. The molecule has 4 aromatic rings. The van der Waals surface area contributed by atoms with Crippen molar-refractivity contribution >= 4 is 21.9 Å². The van der Waals surface area contributed by atoms with E-state index in [1.165, 1.54) is 32.4 Å². The van der Waals surface area contributed by atoms with Gasteiger partial charge in [-0.15, -0.1) is 0 Å². The van der Waals surface area contributed by atoms with Crippen LogP contribution in [0.4, 0.5) is 0 Å². The number of ether oxygens (including phenoxy) is 1. The van der Waals surface area contributed by atoms with Gasteiger partial charge in [-0.3, -0.25) is 9.55 Å². The van der Waals surface area contributed by atoms with Gasteiger partial charge in [0.15, 0.2) is 0 Å². The molecule has 1 saturated heterocycles. The van der Waals surface area contributed by atoms with Crippen LogP contribution < -0.4 is 10.4 Å². The van der Waals surface area contributed by atoms with Crippen molar-refractivity contribution < 1.29 is 4.74 Å². The summed E-state index contributed by atoms with van der Waals surface area (Å²) in [6.07, 6.45) is 8.64. The molecule has 7 nitrogen and oxygen atoms in total. The van der Waals surface area contributed by atoms with E-state index in [0.717, 1.165) is 46.0 Å². The van der Waals surface area contributed by atoms with E-state index in [1.54, 1.807) is 10.8 Å². The predicted molar refractivity (Wildman–Crippen MR) is 132 cm³/mol.